The minimum absolute atomic E-state index is 0.185. The number of esters is 1. The molecule has 9 heteroatoms. The molecule has 1 saturated heterocycles. The number of hydrogen-bond acceptors (Lipinski definition) is 6. The van der Waals surface area contributed by atoms with E-state index in [9.17, 15) is 18.0 Å². The SMILES string of the molecule is C[C@@H](OC(=O)c1ccncc1)C(=O)Nc1ccc(S(=O)(=O)N2CCCC2)cc1. The number of pyridine rings is 1. The molecule has 1 amide bonds. The minimum Gasteiger partial charge on any atom is -0.449 e. The van der Waals surface area contributed by atoms with Crippen LogP contribution in [0.5, 0.6) is 0 Å². The number of carbonyl (C=O) groups excluding carboxylic acids is 2. The van der Waals surface area contributed by atoms with E-state index in [1.165, 1.54) is 60.0 Å². The lowest BCUT2D eigenvalue weighted by Gasteiger charge is -2.16. The third-order valence-corrected chi connectivity index (χ3v) is 6.31. The van der Waals surface area contributed by atoms with Crippen LogP contribution in [0.25, 0.3) is 0 Å². The van der Waals surface area contributed by atoms with Crippen LogP contribution in [0.2, 0.25) is 0 Å². The van der Waals surface area contributed by atoms with Gasteiger partial charge in [-0.05, 0) is 56.2 Å². The maximum absolute atomic E-state index is 12.5. The quantitative estimate of drug-likeness (QED) is 0.740. The molecule has 1 N–H and O–H groups in total. The first kappa shape index (κ1) is 20.0. The highest BCUT2D eigenvalue weighted by atomic mass is 32.2. The summed E-state index contributed by atoms with van der Waals surface area (Å²) in [5.74, 6) is -1.14. The number of rotatable bonds is 6. The average Bonchev–Trinajstić information content (AvgIpc) is 3.25. The van der Waals surface area contributed by atoms with Gasteiger partial charge in [-0.1, -0.05) is 0 Å². The molecule has 0 spiro atoms. The number of hydrogen-bond donors (Lipinski definition) is 1. The molecule has 1 aliphatic rings. The van der Waals surface area contributed by atoms with Crippen LogP contribution in [0, 0.1) is 0 Å². The lowest BCUT2D eigenvalue weighted by Crippen LogP contribution is -2.30. The van der Waals surface area contributed by atoms with Gasteiger partial charge in [-0.25, -0.2) is 13.2 Å². The Labute approximate surface area is 163 Å². The number of nitrogens with zero attached hydrogens (tertiary/aromatic N) is 2. The van der Waals surface area contributed by atoms with E-state index in [-0.39, 0.29) is 4.90 Å². The molecule has 0 saturated carbocycles. The molecular weight excluding hydrogens is 382 g/mol. The van der Waals surface area contributed by atoms with Gasteiger partial charge in [0.2, 0.25) is 10.0 Å². The normalized spacial score (nSPS) is 15.8. The summed E-state index contributed by atoms with van der Waals surface area (Å²) < 4.78 is 31.6. The number of benzene rings is 1. The first-order valence-corrected chi connectivity index (χ1v) is 10.3. The maximum atomic E-state index is 12.5. The van der Waals surface area contributed by atoms with E-state index in [2.05, 4.69) is 10.3 Å². The van der Waals surface area contributed by atoms with Gasteiger partial charge in [0.05, 0.1) is 10.5 Å². The van der Waals surface area contributed by atoms with E-state index in [4.69, 9.17) is 4.74 Å². The molecule has 148 valence electrons. The van der Waals surface area contributed by atoms with E-state index < -0.39 is 28.0 Å². The second-order valence-corrected chi connectivity index (χ2v) is 8.35. The fourth-order valence-electron chi connectivity index (χ4n) is 2.80. The van der Waals surface area contributed by atoms with Crippen LogP contribution in [0.1, 0.15) is 30.1 Å². The van der Waals surface area contributed by atoms with Crippen LogP contribution >= 0.6 is 0 Å². The lowest BCUT2D eigenvalue weighted by molar-refractivity contribution is -0.123. The molecule has 1 fully saturated rings. The number of anilines is 1. The van der Waals surface area contributed by atoms with Gasteiger partial charge in [-0.2, -0.15) is 4.31 Å². The Bertz CT molecular complexity index is 939. The van der Waals surface area contributed by atoms with E-state index >= 15 is 0 Å². The molecular formula is C19H21N3O5S. The van der Waals surface area contributed by atoms with Crippen molar-refractivity contribution in [3.63, 3.8) is 0 Å². The molecule has 28 heavy (non-hydrogen) atoms. The lowest BCUT2D eigenvalue weighted by atomic mass is 10.2. The zero-order valence-electron chi connectivity index (χ0n) is 15.4. The topological polar surface area (TPSA) is 106 Å². The van der Waals surface area contributed by atoms with Crippen molar-refractivity contribution in [1.82, 2.24) is 9.29 Å². The fourth-order valence-corrected chi connectivity index (χ4v) is 4.32. The van der Waals surface area contributed by atoms with Crippen LogP contribution in [0.3, 0.4) is 0 Å². The summed E-state index contributed by atoms with van der Waals surface area (Å²) in [4.78, 5) is 28.2. The van der Waals surface area contributed by atoms with Gasteiger partial charge in [0.15, 0.2) is 6.10 Å². The Balaban J connectivity index is 1.60. The van der Waals surface area contributed by atoms with Crippen LogP contribution in [0.4, 0.5) is 5.69 Å². The van der Waals surface area contributed by atoms with Gasteiger partial charge < -0.3 is 10.1 Å². The van der Waals surface area contributed by atoms with E-state index in [0.29, 0.717) is 24.3 Å². The Morgan fingerprint density at radius 1 is 1.07 bits per heavy atom. The summed E-state index contributed by atoms with van der Waals surface area (Å²) >= 11 is 0. The number of amides is 1. The molecule has 2 aromatic rings. The first-order valence-electron chi connectivity index (χ1n) is 8.90. The van der Waals surface area contributed by atoms with Gasteiger partial charge in [-0.15, -0.1) is 0 Å². The highest BCUT2D eigenvalue weighted by Crippen LogP contribution is 2.22. The molecule has 2 heterocycles. The summed E-state index contributed by atoms with van der Waals surface area (Å²) in [7, 11) is -3.50. The summed E-state index contributed by atoms with van der Waals surface area (Å²) in [5.41, 5.74) is 0.711. The van der Waals surface area contributed by atoms with Crippen molar-refractivity contribution in [2.24, 2.45) is 0 Å². The minimum atomic E-state index is -3.50. The predicted octanol–water partition coefficient (Wildman–Crippen LogP) is 2.05. The van der Waals surface area contributed by atoms with Crippen molar-refractivity contribution in [3.05, 3.63) is 54.4 Å². The molecule has 3 rings (SSSR count). The fraction of sp³-hybridized carbons (Fsp3) is 0.316. The molecule has 0 radical (unpaired) electrons. The number of sulfonamides is 1. The Hall–Kier alpha value is -2.78. The van der Waals surface area contributed by atoms with Gasteiger partial charge in [0.25, 0.3) is 5.91 Å². The number of nitrogens with one attached hydrogen (secondary N) is 1. The summed E-state index contributed by atoms with van der Waals surface area (Å²) in [6.07, 6.45) is 3.62. The number of aromatic nitrogens is 1. The third-order valence-electron chi connectivity index (χ3n) is 4.39. The molecule has 1 aromatic carbocycles. The average molecular weight is 403 g/mol. The van der Waals surface area contributed by atoms with Crippen molar-refractivity contribution < 1.29 is 22.7 Å². The van der Waals surface area contributed by atoms with Gasteiger partial charge in [0, 0.05) is 31.2 Å². The van der Waals surface area contributed by atoms with E-state index in [0.717, 1.165) is 12.8 Å². The maximum Gasteiger partial charge on any atom is 0.339 e. The monoisotopic (exact) mass is 403 g/mol. The molecule has 1 aliphatic heterocycles. The van der Waals surface area contributed by atoms with Gasteiger partial charge >= 0.3 is 5.97 Å². The molecule has 0 bridgehead atoms. The Morgan fingerprint density at radius 2 is 1.68 bits per heavy atom. The van der Waals surface area contributed by atoms with Crippen molar-refractivity contribution >= 4 is 27.6 Å². The van der Waals surface area contributed by atoms with Crippen molar-refractivity contribution in [1.29, 1.82) is 0 Å². The summed E-state index contributed by atoms with van der Waals surface area (Å²) in [5, 5.41) is 2.61. The predicted molar refractivity (Wildman–Crippen MR) is 102 cm³/mol. The standard InChI is InChI=1S/C19H21N3O5S/c1-14(27-19(24)15-8-10-20-11-9-15)18(23)21-16-4-6-17(7-5-16)28(25,26)22-12-2-3-13-22/h4-11,14H,2-3,12-13H2,1H3,(H,21,23)/t14-/m1/s1. The zero-order valence-corrected chi connectivity index (χ0v) is 16.2. The Kier molecular flexibility index (Phi) is 6.05. The zero-order chi connectivity index (χ0) is 20.1. The van der Waals surface area contributed by atoms with Crippen LogP contribution in [-0.2, 0) is 19.6 Å². The van der Waals surface area contributed by atoms with Crippen LogP contribution < -0.4 is 5.32 Å². The van der Waals surface area contributed by atoms with Crippen molar-refractivity contribution in [3.8, 4) is 0 Å². The van der Waals surface area contributed by atoms with Crippen LogP contribution in [-0.4, -0.2) is 48.8 Å². The molecule has 0 aliphatic carbocycles. The van der Waals surface area contributed by atoms with Crippen molar-refractivity contribution in [2.75, 3.05) is 18.4 Å². The number of carbonyl (C=O) groups is 2. The largest absolute Gasteiger partial charge is 0.449 e. The third kappa shape index (κ3) is 4.55. The Morgan fingerprint density at radius 3 is 2.29 bits per heavy atom. The van der Waals surface area contributed by atoms with E-state index in [1.807, 2.05) is 0 Å². The number of ether oxygens (including phenoxy) is 1. The van der Waals surface area contributed by atoms with Gasteiger partial charge in [0.1, 0.15) is 0 Å². The van der Waals surface area contributed by atoms with Crippen LogP contribution in [0.15, 0.2) is 53.7 Å². The smallest absolute Gasteiger partial charge is 0.339 e. The highest BCUT2D eigenvalue weighted by molar-refractivity contribution is 7.89. The molecule has 1 atom stereocenters. The summed E-state index contributed by atoms with van der Waals surface area (Å²) in [6, 6.07) is 8.92. The van der Waals surface area contributed by atoms with Crippen molar-refractivity contribution in [2.45, 2.75) is 30.8 Å². The van der Waals surface area contributed by atoms with E-state index in [1.54, 1.807) is 0 Å². The molecule has 1 aromatic heterocycles. The summed E-state index contributed by atoms with van der Waals surface area (Å²) in [6.45, 7) is 2.52. The second kappa shape index (κ2) is 8.49. The van der Waals surface area contributed by atoms with Gasteiger partial charge in [-0.3, -0.25) is 9.78 Å². The molecule has 8 nitrogen and oxygen atoms in total. The first-order chi connectivity index (χ1) is 13.4. The molecule has 0 unspecified atom stereocenters. The highest BCUT2D eigenvalue weighted by Gasteiger charge is 2.27. The second-order valence-electron chi connectivity index (χ2n) is 6.41.